The van der Waals surface area contributed by atoms with Gasteiger partial charge in [-0.15, -0.1) is 11.3 Å². The maximum absolute atomic E-state index is 6.28. The van der Waals surface area contributed by atoms with Gasteiger partial charge in [0.2, 0.25) is 0 Å². The van der Waals surface area contributed by atoms with Crippen molar-refractivity contribution in [3.63, 3.8) is 0 Å². The molecule has 0 saturated carbocycles. The average Bonchev–Trinajstić information content (AvgIpc) is 3.65. The molecule has 0 aliphatic rings. The van der Waals surface area contributed by atoms with Gasteiger partial charge in [0.25, 0.3) is 0 Å². The molecule has 0 fully saturated rings. The smallest absolute Gasteiger partial charge is 0.143 e. The van der Waals surface area contributed by atoms with E-state index in [1.807, 2.05) is 17.6 Å². The van der Waals surface area contributed by atoms with Crippen LogP contribution in [0, 0.1) is 0 Å². The molecule has 0 bridgehead atoms. The van der Waals surface area contributed by atoms with Crippen LogP contribution in [0.1, 0.15) is 0 Å². The van der Waals surface area contributed by atoms with E-state index in [9.17, 15) is 0 Å². The molecule has 0 radical (unpaired) electrons. The molecule has 2 aromatic heterocycles. The minimum atomic E-state index is 0.952. The first kappa shape index (κ1) is 22.0. The summed E-state index contributed by atoms with van der Waals surface area (Å²) in [7, 11) is 0. The predicted octanol–water partition coefficient (Wildman–Crippen LogP) is 11.6. The van der Waals surface area contributed by atoms with Crippen molar-refractivity contribution in [3.05, 3.63) is 134 Å². The molecule has 0 amide bonds. The summed E-state index contributed by atoms with van der Waals surface area (Å²) in [6.45, 7) is 0. The highest BCUT2D eigenvalue weighted by Crippen LogP contribution is 2.48. The number of fused-ring (bicyclic) bond motifs is 8. The van der Waals surface area contributed by atoms with Crippen LogP contribution in [0.15, 0.2) is 138 Å². The summed E-state index contributed by atoms with van der Waals surface area (Å²) >= 11 is 1.85. The Morgan fingerprint density at radius 1 is 0.450 bits per heavy atom. The number of benzene rings is 7. The van der Waals surface area contributed by atoms with E-state index in [0.29, 0.717) is 0 Å². The zero-order valence-corrected chi connectivity index (χ0v) is 22.3. The van der Waals surface area contributed by atoms with Gasteiger partial charge in [-0.3, -0.25) is 0 Å². The second-order valence-electron chi connectivity index (χ2n) is 10.5. The lowest BCUT2D eigenvalue weighted by atomic mass is 9.85. The van der Waals surface area contributed by atoms with E-state index in [2.05, 4.69) is 127 Å². The van der Waals surface area contributed by atoms with Gasteiger partial charge in [0.1, 0.15) is 5.58 Å². The molecule has 0 unspecified atom stereocenters. The number of rotatable bonds is 2. The molecule has 9 rings (SSSR count). The lowest BCUT2D eigenvalue weighted by molar-refractivity contribution is 0.617. The second kappa shape index (κ2) is 8.29. The SMILES string of the molecule is c1ccc2cc(-c3c4ccccc4c(-c4cc5c6ccccc6sc5c5ccoc45)c4ccccc34)ccc2c1. The average molecular weight is 527 g/mol. The highest BCUT2D eigenvalue weighted by molar-refractivity contribution is 7.26. The molecular weight excluding hydrogens is 504 g/mol. The minimum Gasteiger partial charge on any atom is -0.464 e. The molecule has 186 valence electrons. The normalized spacial score (nSPS) is 12.0. The van der Waals surface area contributed by atoms with Gasteiger partial charge in [-0.2, -0.15) is 0 Å². The Morgan fingerprint density at radius 3 is 1.82 bits per heavy atom. The van der Waals surface area contributed by atoms with E-state index in [0.717, 1.165) is 11.1 Å². The third-order valence-corrected chi connectivity index (χ3v) is 9.54. The van der Waals surface area contributed by atoms with Gasteiger partial charge in [0.15, 0.2) is 0 Å². The zero-order valence-electron chi connectivity index (χ0n) is 21.5. The molecule has 0 saturated heterocycles. The Bertz CT molecular complexity index is 2380. The minimum absolute atomic E-state index is 0.952. The topological polar surface area (TPSA) is 13.1 Å². The van der Waals surface area contributed by atoms with Gasteiger partial charge in [0.05, 0.1) is 6.26 Å². The summed E-state index contributed by atoms with van der Waals surface area (Å²) in [5, 5.41) is 11.3. The predicted molar refractivity (Wildman–Crippen MR) is 172 cm³/mol. The number of thiophene rings is 1. The first-order valence-electron chi connectivity index (χ1n) is 13.6. The van der Waals surface area contributed by atoms with Crippen molar-refractivity contribution in [2.45, 2.75) is 0 Å². The molecular formula is C38H22OS. The molecule has 7 aromatic carbocycles. The quantitative estimate of drug-likeness (QED) is 0.204. The summed E-state index contributed by atoms with van der Waals surface area (Å²) in [5.41, 5.74) is 5.84. The number of furan rings is 1. The molecule has 2 heterocycles. The third-order valence-electron chi connectivity index (χ3n) is 8.32. The first-order chi connectivity index (χ1) is 19.8. The van der Waals surface area contributed by atoms with Crippen molar-refractivity contribution in [3.8, 4) is 22.3 Å². The Kier molecular flexibility index (Phi) is 4.55. The van der Waals surface area contributed by atoms with Crippen LogP contribution >= 0.6 is 11.3 Å². The van der Waals surface area contributed by atoms with Crippen LogP contribution in [0.4, 0.5) is 0 Å². The molecule has 0 aliphatic carbocycles. The summed E-state index contributed by atoms with van der Waals surface area (Å²) in [4.78, 5) is 0. The van der Waals surface area contributed by atoms with E-state index in [-0.39, 0.29) is 0 Å². The molecule has 0 spiro atoms. The summed E-state index contributed by atoms with van der Waals surface area (Å²) in [6.07, 6.45) is 1.84. The summed E-state index contributed by atoms with van der Waals surface area (Å²) in [5.74, 6) is 0. The van der Waals surface area contributed by atoms with Crippen molar-refractivity contribution < 1.29 is 4.42 Å². The van der Waals surface area contributed by atoms with Crippen LogP contribution in [0.3, 0.4) is 0 Å². The molecule has 2 heteroatoms. The van der Waals surface area contributed by atoms with E-state index < -0.39 is 0 Å². The molecule has 0 atom stereocenters. The van der Waals surface area contributed by atoms with Crippen LogP contribution in [-0.4, -0.2) is 0 Å². The van der Waals surface area contributed by atoms with Crippen LogP contribution in [0.5, 0.6) is 0 Å². The summed E-state index contributed by atoms with van der Waals surface area (Å²) in [6, 6.07) is 46.3. The van der Waals surface area contributed by atoms with Gasteiger partial charge in [0, 0.05) is 36.7 Å². The van der Waals surface area contributed by atoms with Crippen molar-refractivity contribution in [2.75, 3.05) is 0 Å². The largest absolute Gasteiger partial charge is 0.464 e. The fourth-order valence-corrected chi connectivity index (χ4v) is 7.78. The Labute approximate surface area is 234 Å². The second-order valence-corrected chi connectivity index (χ2v) is 11.5. The van der Waals surface area contributed by atoms with Crippen LogP contribution in [0.2, 0.25) is 0 Å². The maximum Gasteiger partial charge on any atom is 0.143 e. The van der Waals surface area contributed by atoms with Crippen molar-refractivity contribution in [1.82, 2.24) is 0 Å². The Hall–Kier alpha value is -4.92. The molecule has 40 heavy (non-hydrogen) atoms. The Balaban J connectivity index is 1.45. The van der Waals surface area contributed by atoms with Gasteiger partial charge in [-0.1, -0.05) is 103 Å². The molecule has 0 N–H and O–H groups in total. The number of hydrogen-bond donors (Lipinski definition) is 0. The van der Waals surface area contributed by atoms with E-state index in [1.54, 1.807) is 0 Å². The van der Waals surface area contributed by atoms with Crippen LogP contribution < -0.4 is 0 Å². The maximum atomic E-state index is 6.28. The van der Waals surface area contributed by atoms with Crippen LogP contribution in [-0.2, 0) is 0 Å². The fourth-order valence-electron chi connectivity index (χ4n) is 6.58. The zero-order chi connectivity index (χ0) is 26.2. The highest BCUT2D eigenvalue weighted by Gasteiger charge is 2.21. The third kappa shape index (κ3) is 3.03. The van der Waals surface area contributed by atoms with Gasteiger partial charge < -0.3 is 4.42 Å². The van der Waals surface area contributed by atoms with E-state index in [1.165, 1.54) is 74.6 Å². The van der Waals surface area contributed by atoms with Crippen molar-refractivity contribution in [1.29, 1.82) is 0 Å². The van der Waals surface area contributed by atoms with Crippen molar-refractivity contribution >= 4 is 74.8 Å². The van der Waals surface area contributed by atoms with Gasteiger partial charge >= 0.3 is 0 Å². The lowest BCUT2D eigenvalue weighted by Gasteiger charge is -2.18. The molecule has 9 aromatic rings. The van der Waals surface area contributed by atoms with E-state index >= 15 is 0 Å². The number of hydrogen-bond acceptors (Lipinski definition) is 2. The molecule has 1 nitrogen and oxygen atoms in total. The van der Waals surface area contributed by atoms with Crippen LogP contribution in [0.25, 0.3) is 85.7 Å². The Morgan fingerprint density at radius 2 is 1.07 bits per heavy atom. The van der Waals surface area contributed by atoms with Gasteiger partial charge in [-0.05, 0) is 67.7 Å². The first-order valence-corrected chi connectivity index (χ1v) is 14.4. The summed E-state index contributed by atoms with van der Waals surface area (Å²) < 4.78 is 8.87. The molecule has 0 aliphatic heterocycles. The fraction of sp³-hybridized carbons (Fsp3) is 0. The van der Waals surface area contributed by atoms with Crippen molar-refractivity contribution in [2.24, 2.45) is 0 Å². The van der Waals surface area contributed by atoms with E-state index in [4.69, 9.17) is 4.42 Å². The van der Waals surface area contributed by atoms with Gasteiger partial charge in [-0.25, -0.2) is 0 Å². The standard InChI is InChI=1S/C38H22OS/c1-2-10-24-21-25(18-17-23(24)9-1)35-27-12-3-5-14-29(27)36(30-15-6-4-13-28(30)35)33-22-32-26-11-7-8-16-34(26)40-38(32)31-19-20-39-37(31)33/h1-22H. The monoisotopic (exact) mass is 526 g/mol. The highest BCUT2D eigenvalue weighted by atomic mass is 32.1. The lowest BCUT2D eigenvalue weighted by Crippen LogP contribution is -1.91.